The molecule has 24 heavy (non-hydrogen) atoms. The van der Waals surface area contributed by atoms with Gasteiger partial charge in [0.15, 0.2) is 6.73 Å². The van der Waals surface area contributed by atoms with Gasteiger partial charge in [0.1, 0.15) is 11.6 Å². The van der Waals surface area contributed by atoms with E-state index in [-0.39, 0.29) is 12.1 Å². The van der Waals surface area contributed by atoms with Crippen LogP contribution in [0.4, 0.5) is 10.6 Å². The van der Waals surface area contributed by atoms with Gasteiger partial charge in [-0.3, -0.25) is 5.32 Å². The van der Waals surface area contributed by atoms with Gasteiger partial charge in [0.2, 0.25) is 0 Å². The minimum Gasteiger partial charge on any atom is -0.473 e. The van der Waals surface area contributed by atoms with Gasteiger partial charge in [-0.2, -0.15) is 0 Å². The summed E-state index contributed by atoms with van der Waals surface area (Å²) in [4.78, 5) is 15.9. The van der Waals surface area contributed by atoms with E-state index in [1.54, 1.807) is 12.1 Å². The third kappa shape index (κ3) is 5.13. The lowest BCUT2D eigenvalue weighted by Crippen LogP contribution is -2.32. The maximum absolute atomic E-state index is 11.9. The lowest BCUT2D eigenvalue weighted by Gasteiger charge is -2.23. The quantitative estimate of drug-likeness (QED) is 0.800. The Morgan fingerprint density at radius 2 is 2.00 bits per heavy atom. The number of nitrogens with one attached hydrogen (secondary N) is 2. The van der Waals surface area contributed by atoms with Gasteiger partial charge in [-0.15, -0.1) is 0 Å². The number of ether oxygens (including phenoxy) is 1. The van der Waals surface area contributed by atoms with E-state index in [4.69, 9.17) is 16.3 Å². The number of nitrogens with zero attached hydrogens (tertiary/aromatic N) is 1. The minimum atomic E-state index is -0.408. The van der Waals surface area contributed by atoms with Gasteiger partial charge < -0.3 is 10.1 Å². The number of aryl methyl sites for hydroxylation is 1. The largest absolute Gasteiger partial charge is 0.473 e. The molecule has 1 aromatic carbocycles. The van der Waals surface area contributed by atoms with E-state index in [0.717, 1.165) is 11.3 Å². The molecule has 0 atom stereocenters. The number of anilines is 1. The van der Waals surface area contributed by atoms with Crippen molar-refractivity contribution in [1.29, 1.82) is 0 Å². The number of hydrogen-bond donors (Lipinski definition) is 2. The fraction of sp³-hybridized carbons (Fsp3) is 0.333. The summed E-state index contributed by atoms with van der Waals surface area (Å²) in [6.45, 7) is 8.47. The number of benzene rings is 1. The molecule has 2 rings (SSSR count). The van der Waals surface area contributed by atoms with Crippen LogP contribution in [0.15, 0.2) is 36.5 Å². The molecule has 0 aliphatic rings. The predicted octanol–water partition coefficient (Wildman–Crippen LogP) is 4.50. The normalized spacial score (nSPS) is 11.0. The summed E-state index contributed by atoms with van der Waals surface area (Å²) in [6, 6.07) is 8.81. The standard InChI is InChI=1S/C18H22ClN3O2/c1-12-5-6-15(14(9-12)18(2,3)4)24-11-21-17(23)22-16-10-13(19)7-8-20-16/h5-10H,11H2,1-4H3,(H2,20,21,22,23). The van der Waals surface area contributed by atoms with Crippen molar-refractivity contribution in [2.45, 2.75) is 33.1 Å². The van der Waals surface area contributed by atoms with E-state index in [1.807, 2.05) is 19.1 Å². The van der Waals surface area contributed by atoms with E-state index in [0.29, 0.717) is 10.8 Å². The summed E-state index contributed by atoms with van der Waals surface area (Å²) in [5, 5.41) is 5.74. The van der Waals surface area contributed by atoms with Gasteiger partial charge >= 0.3 is 6.03 Å². The molecule has 1 aromatic heterocycles. The molecule has 0 saturated heterocycles. The Hall–Kier alpha value is -2.27. The van der Waals surface area contributed by atoms with E-state index in [1.165, 1.54) is 11.8 Å². The molecular formula is C18H22ClN3O2. The van der Waals surface area contributed by atoms with Crippen LogP contribution in [0.1, 0.15) is 31.9 Å². The first-order valence-corrected chi connectivity index (χ1v) is 8.04. The second kappa shape index (κ2) is 7.53. The van der Waals surface area contributed by atoms with Crippen molar-refractivity contribution in [3.05, 3.63) is 52.7 Å². The molecule has 128 valence electrons. The SMILES string of the molecule is Cc1ccc(OCNC(=O)Nc2cc(Cl)ccn2)c(C(C)(C)C)c1. The van der Waals surface area contributed by atoms with Crippen LogP contribution >= 0.6 is 11.6 Å². The van der Waals surface area contributed by atoms with Crippen LogP contribution in [0.3, 0.4) is 0 Å². The van der Waals surface area contributed by atoms with Gasteiger partial charge in [-0.25, -0.2) is 9.78 Å². The first-order valence-electron chi connectivity index (χ1n) is 7.66. The van der Waals surface area contributed by atoms with E-state index in [9.17, 15) is 4.79 Å². The molecule has 2 N–H and O–H groups in total. The number of carbonyl (C=O) groups is 1. The molecule has 0 aliphatic heterocycles. The molecule has 5 nitrogen and oxygen atoms in total. The molecule has 0 unspecified atom stereocenters. The molecule has 0 aliphatic carbocycles. The first-order chi connectivity index (χ1) is 11.3. The number of hydrogen-bond acceptors (Lipinski definition) is 3. The molecular weight excluding hydrogens is 326 g/mol. The second-order valence-electron chi connectivity index (χ2n) is 6.53. The average Bonchev–Trinajstić information content (AvgIpc) is 2.47. The minimum absolute atomic E-state index is 0.0473. The highest BCUT2D eigenvalue weighted by atomic mass is 35.5. The summed E-state index contributed by atoms with van der Waals surface area (Å²) in [6.07, 6.45) is 1.52. The van der Waals surface area contributed by atoms with Crippen molar-refractivity contribution in [2.24, 2.45) is 0 Å². The maximum Gasteiger partial charge on any atom is 0.323 e. The van der Waals surface area contributed by atoms with Gasteiger partial charge in [-0.05, 0) is 36.1 Å². The molecule has 6 heteroatoms. The number of aromatic nitrogens is 1. The molecule has 1 heterocycles. The molecule has 2 aromatic rings. The number of amides is 2. The lowest BCUT2D eigenvalue weighted by atomic mass is 9.85. The lowest BCUT2D eigenvalue weighted by molar-refractivity contribution is 0.233. The van der Waals surface area contributed by atoms with Gasteiger partial charge in [0.25, 0.3) is 0 Å². The van der Waals surface area contributed by atoms with E-state index in [2.05, 4.69) is 42.5 Å². The summed E-state index contributed by atoms with van der Waals surface area (Å²) in [5.41, 5.74) is 2.22. The van der Waals surface area contributed by atoms with Gasteiger partial charge in [-0.1, -0.05) is 50.1 Å². The topological polar surface area (TPSA) is 63.2 Å². The second-order valence-corrected chi connectivity index (χ2v) is 6.96. The highest BCUT2D eigenvalue weighted by Crippen LogP contribution is 2.31. The smallest absolute Gasteiger partial charge is 0.323 e. The predicted molar refractivity (Wildman–Crippen MR) is 96.8 cm³/mol. The van der Waals surface area contributed by atoms with Gasteiger partial charge in [0.05, 0.1) is 0 Å². The number of halogens is 1. The van der Waals surface area contributed by atoms with Crippen molar-refractivity contribution >= 4 is 23.4 Å². The highest BCUT2D eigenvalue weighted by Gasteiger charge is 2.19. The molecule has 0 saturated carbocycles. The summed E-state index contributed by atoms with van der Waals surface area (Å²) in [5.74, 6) is 1.14. The van der Waals surface area contributed by atoms with Crippen molar-refractivity contribution in [2.75, 3.05) is 12.0 Å². The van der Waals surface area contributed by atoms with Crippen molar-refractivity contribution in [3.63, 3.8) is 0 Å². The van der Waals surface area contributed by atoms with Crippen LogP contribution in [0.5, 0.6) is 5.75 Å². The Balaban J connectivity index is 1.93. The Labute approximate surface area is 147 Å². The van der Waals surface area contributed by atoms with Crippen LogP contribution in [-0.4, -0.2) is 17.7 Å². The maximum atomic E-state index is 11.9. The number of rotatable bonds is 4. The molecule has 0 spiro atoms. The fourth-order valence-corrected chi connectivity index (χ4v) is 2.33. The van der Waals surface area contributed by atoms with Crippen LogP contribution in [0, 0.1) is 6.92 Å². The Morgan fingerprint density at radius 1 is 1.25 bits per heavy atom. The van der Waals surface area contributed by atoms with E-state index < -0.39 is 6.03 Å². The molecule has 0 fully saturated rings. The summed E-state index contributed by atoms with van der Waals surface area (Å²) < 4.78 is 5.73. The molecule has 2 amide bonds. The number of carbonyl (C=O) groups excluding carboxylic acids is 1. The first kappa shape index (κ1) is 18.1. The number of pyridine rings is 1. The summed E-state index contributed by atoms with van der Waals surface area (Å²) in [7, 11) is 0. The Morgan fingerprint density at radius 3 is 2.67 bits per heavy atom. The van der Waals surface area contributed by atoms with E-state index >= 15 is 0 Å². The number of urea groups is 1. The average molecular weight is 348 g/mol. The van der Waals surface area contributed by atoms with Crippen LogP contribution < -0.4 is 15.4 Å². The van der Waals surface area contributed by atoms with Crippen LogP contribution in [-0.2, 0) is 5.41 Å². The third-order valence-corrected chi connectivity index (χ3v) is 3.60. The van der Waals surface area contributed by atoms with Crippen molar-refractivity contribution in [3.8, 4) is 5.75 Å². The zero-order valence-electron chi connectivity index (χ0n) is 14.3. The Bertz CT molecular complexity index is 726. The third-order valence-electron chi connectivity index (χ3n) is 3.37. The summed E-state index contributed by atoms with van der Waals surface area (Å²) >= 11 is 5.85. The van der Waals surface area contributed by atoms with Crippen LogP contribution in [0.25, 0.3) is 0 Å². The Kier molecular flexibility index (Phi) is 5.67. The van der Waals surface area contributed by atoms with Gasteiger partial charge in [0, 0.05) is 11.2 Å². The van der Waals surface area contributed by atoms with Crippen molar-refractivity contribution in [1.82, 2.24) is 10.3 Å². The van der Waals surface area contributed by atoms with Crippen molar-refractivity contribution < 1.29 is 9.53 Å². The molecule has 0 radical (unpaired) electrons. The fourth-order valence-electron chi connectivity index (χ4n) is 2.17. The zero-order valence-corrected chi connectivity index (χ0v) is 15.1. The monoisotopic (exact) mass is 347 g/mol. The molecule has 0 bridgehead atoms. The van der Waals surface area contributed by atoms with Crippen LogP contribution in [0.2, 0.25) is 5.02 Å². The zero-order chi connectivity index (χ0) is 17.7. The highest BCUT2D eigenvalue weighted by molar-refractivity contribution is 6.30.